The van der Waals surface area contributed by atoms with Crippen molar-refractivity contribution in [1.82, 2.24) is 14.4 Å². The van der Waals surface area contributed by atoms with Gasteiger partial charge in [-0.15, -0.1) is 0 Å². The maximum atomic E-state index is 10.8. The highest BCUT2D eigenvalue weighted by molar-refractivity contribution is 9.10. The molecule has 0 radical (unpaired) electrons. The zero-order chi connectivity index (χ0) is 13.6. The van der Waals surface area contributed by atoms with Gasteiger partial charge in [0.1, 0.15) is 4.60 Å². The number of imidazole rings is 2. The summed E-state index contributed by atoms with van der Waals surface area (Å²) in [5, 5.41) is 8.88. The van der Waals surface area contributed by atoms with E-state index in [1.807, 2.05) is 16.5 Å². The number of aromatic nitrogens is 3. The number of benzene rings is 1. The van der Waals surface area contributed by atoms with Crippen LogP contribution in [0.2, 0.25) is 0 Å². The van der Waals surface area contributed by atoms with Gasteiger partial charge >= 0.3 is 5.97 Å². The van der Waals surface area contributed by atoms with E-state index in [4.69, 9.17) is 5.11 Å². The first-order valence-corrected chi connectivity index (χ1v) is 6.79. The van der Waals surface area contributed by atoms with Crippen molar-refractivity contribution in [2.75, 3.05) is 0 Å². The highest BCUT2D eigenvalue weighted by Crippen LogP contribution is 2.27. The Morgan fingerprint density at radius 1 is 1.53 bits per heavy atom. The molecule has 1 aromatic carbocycles. The summed E-state index contributed by atoms with van der Waals surface area (Å²) in [5.74, 6) is -0.206. The van der Waals surface area contributed by atoms with Crippen LogP contribution in [0.15, 0.2) is 22.8 Å². The molecule has 0 saturated heterocycles. The molecule has 0 aliphatic heterocycles. The molecule has 0 unspecified atom stereocenters. The van der Waals surface area contributed by atoms with Crippen molar-refractivity contribution in [2.45, 2.75) is 19.8 Å². The summed E-state index contributed by atoms with van der Waals surface area (Å²) in [6.07, 6.45) is 0.857. The molecule has 2 aromatic heterocycles. The standard InChI is InChI=1S/C13H12BrN3O2/c1-2-7-4-3-5-9-11(7)16-13-15-8(6-10(18)19)12(14)17(9)13/h3-5H,2,6H2,1H3,(H,15,16)(H,18,19). The van der Waals surface area contributed by atoms with Crippen LogP contribution in [0.25, 0.3) is 16.8 Å². The molecule has 0 aliphatic rings. The van der Waals surface area contributed by atoms with Gasteiger partial charge in [0, 0.05) is 0 Å². The molecule has 0 amide bonds. The predicted molar refractivity (Wildman–Crippen MR) is 75.5 cm³/mol. The normalized spacial score (nSPS) is 11.5. The van der Waals surface area contributed by atoms with Gasteiger partial charge in [-0.25, -0.2) is 4.98 Å². The number of para-hydroxylation sites is 1. The number of hydrogen-bond acceptors (Lipinski definition) is 2. The van der Waals surface area contributed by atoms with Crippen LogP contribution in [0.4, 0.5) is 0 Å². The summed E-state index contributed by atoms with van der Waals surface area (Å²) in [6, 6.07) is 6.03. The van der Waals surface area contributed by atoms with E-state index in [2.05, 4.69) is 38.9 Å². The van der Waals surface area contributed by atoms with Crippen LogP contribution < -0.4 is 0 Å². The van der Waals surface area contributed by atoms with E-state index >= 15 is 0 Å². The van der Waals surface area contributed by atoms with Gasteiger partial charge in [0.2, 0.25) is 5.78 Å². The van der Waals surface area contributed by atoms with E-state index in [0.29, 0.717) is 11.5 Å². The second kappa shape index (κ2) is 4.38. The number of aromatic amines is 1. The van der Waals surface area contributed by atoms with Gasteiger partial charge in [-0.3, -0.25) is 9.20 Å². The highest BCUT2D eigenvalue weighted by atomic mass is 79.9. The second-order valence-electron chi connectivity index (χ2n) is 4.37. The Balaban J connectivity index is 2.30. The van der Waals surface area contributed by atoms with Crippen molar-refractivity contribution >= 4 is 38.7 Å². The molecule has 0 aliphatic carbocycles. The summed E-state index contributed by atoms with van der Waals surface area (Å²) in [4.78, 5) is 18.4. The number of carbonyl (C=O) groups is 1. The van der Waals surface area contributed by atoms with Gasteiger partial charge in [-0.1, -0.05) is 19.1 Å². The molecule has 0 bridgehead atoms. The third-order valence-electron chi connectivity index (χ3n) is 3.19. The minimum Gasteiger partial charge on any atom is -0.481 e. The fourth-order valence-electron chi connectivity index (χ4n) is 2.32. The molecule has 19 heavy (non-hydrogen) atoms. The number of nitrogens with one attached hydrogen (secondary N) is 1. The molecule has 5 nitrogen and oxygen atoms in total. The Kier molecular flexibility index (Phi) is 2.82. The van der Waals surface area contributed by atoms with Gasteiger partial charge in [-0.2, -0.15) is 0 Å². The average molecular weight is 322 g/mol. The number of hydrogen-bond donors (Lipinski definition) is 2. The number of halogens is 1. The smallest absolute Gasteiger partial charge is 0.309 e. The van der Waals surface area contributed by atoms with Gasteiger partial charge in [0.15, 0.2) is 0 Å². The Morgan fingerprint density at radius 2 is 2.32 bits per heavy atom. The Labute approximate surface area is 117 Å². The van der Waals surface area contributed by atoms with Gasteiger partial charge in [-0.05, 0) is 34.0 Å². The van der Waals surface area contributed by atoms with E-state index in [-0.39, 0.29) is 6.42 Å². The minimum absolute atomic E-state index is 0.0566. The van der Waals surface area contributed by atoms with E-state index in [9.17, 15) is 4.79 Å². The number of carboxylic acids is 1. The van der Waals surface area contributed by atoms with Crippen molar-refractivity contribution in [3.63, 3.8) is 0 Å². The van der Waals surface area contributed by atoms with Crippen molar-refractivity contribution in [3.05, 3.63) is 34.1 Å². The molecular weight excluding hydrogens is 310 g/mol. The number of rotatable bonds is 3. The summed E-state index contributed by atoms with van der Waals surface area (Å²) in [5.41, 5.74) is 3.74. The molecule has 3 rings (SSSR count). The van der Waals surface area contributed by atoms with Crippen LogP contribution in [-0.4, -0.2) is 25.4 Å². The van der Waals surface area contributed by atoms with Crippen molar-refractivity contribution in [1.29, 1.82) is 0 Å². The maximum absolute atomic E-state index is 10.8. The molecule has 2 N–H and O–H groups in total. The minimum atomic E-state index is -0.872. The Bertz CT molecular complexity index is 788. The number of nitrogens with zero attached hydrogens (tertiary/aromatic N) is 2. The summed E-state index contributed by atoms with van der Waals surface area (Å²) < 4.78 is 2.63. The van der Waals surface area contributed by atoms with E-state index in [1.54, 1.807) is 0 Å². The van der Waals surface area contributed by atoms with Crippen LogP contribution in [0.1, 0.15) is 18.2 Å². The molecule has 0 saturated carbocycles. The first kappa shape index (κ1) is 12.2. The van der Waals surface area contributed by atoms with Crippen LogP contribution in [0, 0.1) is 0 Å². The van der Waals surface area contributed by atoms with Crippen LogP contribution in [0.5, 0.6) is 0 Å². The monoisotopic (exact) mass is 321 g/mol. The number of aryl methyl sites for hydroxylation is 1. The zero-order valence-electron chi connectivity index (χ0n) is 10.3. The molecule has 6 heteroatoms. The van der Waals surface area contributed by atoms with Gasteiger partial charge in [0.25, 0.3) is 0 Å². The lowest BCUT2D eigenvalue weighted by molar-refractivity contribution is -0.136. The molecule has 0 fully saturated rings. The Hall–Kier alpha value is -1.82. The van der Waals surface area contributed by atoms with E-state index in [0.717, 1.165) is 22.1 Å². The lowest BCUT2D eigenvalue weighted by Crippen LogP contribution is -2.01. The molecule has 0 atom stereocenters. The summed E-state index contributed by atoms with van der Waals surface area (Å²) in [6.45, 7) is 2.09. The molecule has 98 valence electrons. The first-order chi connectivity index (χ1) is 9.11. The van der Waals surface area contributed by atoms with Crippen molar-refractivity contribution in [2.24, 2.45) is 0 Å². The van der Waals surface area contributed by atoms with Gasteiger partial charge < -0.3 is 10.1 Å². The highest BCUT2D eigenvalue weighted by Gasteiger charge is 2.16. The lowest BCUT2D eigenvalue weighted by atomic mass is 10.1. The SMILES string of the molecule is CCc1cccc2c1nc1[nH]c(CC(=O)O)c(Br)n12. The van der Waals surface area contributed by atoms with Crippen LogP contribution in [-0.2, 0) is 17.6 Å². The molecule has 2 heterocycles. The lowest BCUT2D eigenvalue weighted by Gasteiger charge is -1.99. The van der Waals surface area contributed by atoms with Crippen LogP contribution in [0.3, 0.4) is 0 Å². The quantitative estimate of drug-likeness (QED) is 0.779. The fraction of sp³-hybridized carbons (Fsp3) is 0.231. The maximum Gasteiger partial charge on any atom is 0.309 e. The topological polar surface area (TPSA) is 70.4 Å². The third kappa shape index (κ3) is 1.83. The Morgan fingerprint density at radius 3 is 3.00 bits per heavy atom. The second-order valence-corrected chi connectivity index (χ2v) is 5.13. The third-order valence-corrected chi connectivity index (χ3v) is 4.02. The number of fused-ring (bicyclic) bond motifs is 3. The molecule has 0 spiro atoms. The predicted octanol–water partition coefficient (Wildman–Crippen LogP) is 2.77. The number of carboxylic acid groups (broad SMARTS) is 1. The summed E-state index contributed by atoms with van der Waals surface area (Å²) in [7, 11) is 0. The molecule has 3 aromatic rings. The zero-order valence-corrected chi connectivity index (χ0v) is 11.9. The van der Waals surface area contributed by atoms with E-state index in [1.165, 1.54) is 5.56 Å². The van der Waals surface area contributed by atoms with Gasteiger partial charge in [0.05, 0.1) is 23.1 Å². The van der Waals surface area contributed by atoms with Crippen molar-refractivity contribution in [3.8, 4) is 0 Å². The van der Waals surface area contributed by atoms with Crippen LogP contribution >= 0.6 is 15.9 Å². The van der Waals surface area contributed by atoms with E-state index < -0.39 is 5.97 Å². The molecular formula is C13H12BrN3O2. The number of aliphatic carboxylic acids is 1. The average Bonchev–Trinajstić information content (AvgIpc) is 2.86. The first-order valence-electron chi connectivity index (χ1n) is 6.00. The largest absolute Gasteiger partial charge is 0.481 e. The van der Waals surface area contributed by atoms with Crippen molar-refractivity contribution < 1.29 is 9.90 Å². The number of H-pyrrole nitrogens is 1. The summed E-state index contributed by atoms with van der Waals surface area (Å²) >= 11 is 3.46. The fourth-order valence-corrected chi connectivity index (χ4v) is 2.91.